The average molecular weight is 387 g/mol. The SMILES string of the molecule is CCC(C)(C)CCCC(C)(C)C.Cc1ccccc1O.Cc1ccccc1O. The van der Waals surface area contributed by atoms with Crippen molar-refractivity contribution in [1.29, 1.82) is 0 Å². The molecule has 2 rings (SSSR count). The Balaban J connectivity index is 0.000000402. The van der Waals surface area contributed by atoms with Gasteiger partial charge in [0.2, 0.25) is 0 Å². The van der Waals surface area contributed by atoms with Crippen LogP contribution in [0.4, 0.5) is 0 Å². The summed E-state index contributed by atoms with van der Waals surface area (Å²) in [5, 5.41) is 17.8. The highest BCUT2D eigenvalue weighted by Crippen LogP contribution is 2.30. The molecular formula is C26H42O2. The molecule has 0 heterocycles. The summed E-state index contributed by atoms with van der Waals surface area (Å²) in [5.74, 6) is 0.736. The molecule has 0 aliphatic rings. The molecule has 0 atom stereocenters. The Morgan fingerprint density at radius 1 is 0.679 bits per heavy atom. The standard InChI is InChI=1S/C12H26.2C7H8O/c1-7-12(5,6)10-8-9-11(2,3)4;2*1-6-4-2-3-5-7(6)8/h7-10H2,1-6H3;2*2-5,8H,1H3. The van der Waals surface area contributed by atoms with Gasteiger partial charge in [0.15, 0.2) is 0 Å². The van der Waals surface area contributed by atoms with Gasteiger partial charge in [-0.05, 0) is 60.8 Å². The van der Waals surface area contributed by atoms with Gasteiger partial charge in [-0.25, -0.2) is 0 Å². The Labute approximate surface area is 173 Å². The number of aromatic hydroxyl groups is 2. The highest BCUT2D eigenvalue weighted by Gasteiger charge is 2.16. The van der Waals surface area contributed by atoms with Crippen LogP contribution in [0.15, 0.2) is 48.5 Å². The summed E-state index contributed by atoms with van der Waals surface area (Å²) in [5.41, 5.74) is 2.93. The smallest absolute Gasteiger partial charge is 0.118 e. The van der Waals surface area contributed by atoms with Crippen LogP contribution in [-0.4, -0.2) is 10.2 Å². The summed E-state index contributed by atoms with van der Waals surface area (Å²) in [6.45, 7) is 17.7. The molecule has 0 aromatic heterocycles. The second kappa shape index (κ2) is 12.5. The zero-order valence-electron chi connectivity index (χ0n) is 19.3. The molecule has 158 valence electrons. The number of phenolic OH excluding ortho intramolecular Hbond substituents is 2. The molecule has 0 spiro atoms. The molecule has 0 amide bonds. The lowest BCUT2D eigenvalue weighted by Crippen LogP contribution is -2.12. The largest absolute Gasteiger partial charge is 0.508 e. The van der Waals surface area contributed by atoms with Gasteiger partial charge in [0.05, 0.1) is 0 Å². The van der Waals surface area contributed by atoms with Crippen molar-refractivity contribution in [2.75, 3.05) is 0 Å². The molecule has 0 saturated heterocycles. The number of aryl methyl sites for hydroxylation is 2. The molecule has 0 fully saturated rings. The first-order chi connectivity index (χ1) is 12.9. The molecule has 2 aromatic rings. The first-order valence-electron chi connectivity index (χ1n) is 10.4. The van der Waals surface area contributed by atoms with Gasteiger partial charge in [-0.1, -0.05) is 90.8 Å². The molecule has 28 heavy (non-hydrogen) atoms. The predicted octanol–water partition coefficient (Wildman–Crippen LogP) is 8.04. The number of benzene rings is 2. The van der Waals surface area contributed by atoms with Crippen LogP contribution in [0, 0.1) is 24.7 Å². The molecule has 0 aliphatic carbocycles. The second-order valence-electron chi connectivity index (χ2n) is 9.50. The lowest BCUT2D eigenvalue weighted by atomic mass is 9.81. The van der Waals surface area contributed by atoms with Gasteiger partial charge in [0.1, 0.15) is 11.5 Å². The van der Waals surface area contributed by atoms with Crippen LogP contribution in [0.2, 0.25) is 0 Å². The van der Waals surface area contributed by atoms with E-state index in [0.717, 1.165) is 11.1 Å². The molecule has 0 aliphatic heterocycles. The highest BCUT2D eigenvalue weighted by molar-refractivity contribution is 5.30. The maximum absolute atomic E-state index is 8.92. The van der Waals surface area contributed by atoms with Crippen LogP contribution >= 0.6 is 0 Å². The van der Waals surface area contributed by atoms with Crippen LogP contribution in [0.1, 0.15) is 78.4 Å². The van der Waals surface area contributed by atoms with E-state index in [0.29, 0.717) is 22.3 Å². The van der Waals surface area contributed by atoms with Crippen molar-refractivity contribution in [1.82, 2.24) is 0 Å². The average Bonchev–Trinajstić information content (AvgIpc) is 2.60. The molecule has 0 saturated carbocycles. The fourth-order valence-corrected chi connectivity index (χ4v) is 2.40. The van der Waals surface area contributed by atoms with E-state index in [1.54, 1.807) is 12.1 Å². The van der Waals surface area contributed by atoms with Crippen molar-refractivity contribution in [3.63, 3.8) is 0 Å². The van der Waals surface area contributed by atoms with Crippen LogP contribution in [0.5, 0.6) is 11.5 Å². The summed E-state index contributed by atoms with van der Waals surface area (Å²) in [6, 6.07) is 14.5. The van der Waals surface area contributed by atoms with E-state index in [9.17, 15) is 0 Å². The zero-order valence-corrected chi connectivity index (χ0v) is 19.3. The van der Waals surface area contributed by atoms with Crippen molar-refractivity contribution in [2.45, 2.75) is 81.1 Å². The van der Waals surface area contributed by atoms with Crippen molar-refractivity contribution < 1.29 is 10.2 Å². The van der Waals surface area contributed by atoms with Gasteiger partial charge in [-0.2, -0.15) is 0 Å². The fraction of sp³-hybridized carbons (Fsp3) is 0.538. The third-order valence-corrected chi connectivity index (χ3v) is 4.97. The monoisotopic (exact) mass is 386 g/mol. The summed E-state index contributed by atoms with van der Waals surface area (Å²) in [7, 11) is 0. The van der Waals surface area contributed by atoms with Crippen LogP contribution in [0.25, 0.3) is 0 Å². The van der Waals surface area contributed by atoms with E-state index in [-0.39, 0.29) is 0 Å². The van der Waals surface area contributed by atoms with E-state index in [1.165, 1.54) is 25.7 Å². The van der Waals surface area contributed by atoms with Crippen LogP contribution in [-0.2, 0) is 0 Å². The molecule has 2 heteroatoms. The van der Waals surface area contributed by atoms with Crippen molar-refractivity contribution in [3.8, 4) is 11.5 Å². The zero-order chi connectivity index (χ0) is 21.8. The molecular weight excluding hydrogens is 344 g/mol. The lowest BCUT2D eigenvalue weighted by molar-refractivity contribution is 0.274. The van der Waals surface area contributed by atoms with E-state index in [4.69, 9.17) is 10.2 Å². The highest BCUT2D eigenvalue weighted by atomic mass is 16.3. The predicted molar refractivity (Wildman–Crippen MR) is 123 cm³/mol. The number of hydrogen-bond acceptors (Lipinski definition) is 2. The second-order valence-corrected chi connectivity index (χ2v) is 9.50. The van der Waals surface area contributed by atoms with E-state index in [2.05, 4.69) is 41.5 Å². The molecule has 2 aromatic carbocycles. The van der Waals surface area contributed by atoms with Crippen molar-refractivity contribution in [2.24, 2.45) is 10.8 Å². The molecule has 0 bridgehead atoms. The normalized spacial score (nSPS) is 11.0. The third-order valence-electron chi connectivity index (χ3n) is 4.97. The van der Waals surface area contributed by atoms with Gasteiger partial charge in [0, 0.05) is 0 Å². The topological polar surface area (TPSA) is 40.5 Å². The molecule has 2 nitrogen and oxygen atoms in total. The first kappa shape index (κ1) is 26.0. The number of hydrogen-bond donors (Lipinski definition) is 2. The molecule has 2 N–H and O–H groups in total. The Kier molecular flexibility index (Phi) is 11.6. The summed E-state index contributed by atoms with van der Waals surface area (Å²) < 4.78 is 0. The van der Waals surface area contributed by atoms with Gasteiger partial charge < -0.3 is 10.2 Å². The van der Waals surface area contributed by atoms with Crippen molar-refractivity contribution >= 4 is 0 Å². The Morgan fingerprint density at radius 3 is 1.32 bits per heavy atom. The number of rotatable bonds is 4. The molecule has 0 unspecified atom stereocenters. The summed E-state index contributed by atoms with van der Waals surface area (Å²) >= 11 is 0. The van der Waals surface area contributed by atoms with E-state index < -0.39 is 0 Å². The van der Waals surface area contributed by atoms with Crippen molar-refractivity contribution in [3.05, 3.63) is 59.7 Å². The minimum Gasteiger partial charge on any atom is -0.508 e. The minimum atomic E-state index is 0.368. The van der Waals surface area contributed by atoms with Crippen LogP contribution in [0.3, 0.4) is 0 Å². The lowest BCUT2D eigenvalue weighted by Gasteiger charge is -2.25. The number of phenols is 2. The molecule has 0 radical (unpaired) electrons. The van der Waals surface area contributed by atoms with Gasteiger partial charge in [0.25, 0.3) is 0 Å². The maximum atomic E-state index is 8.92. The van der Waals surface area contributed by atoms with Crippen LogP contribution < -0.4 is 0 Å². The quantitative estimate of drug-likeness (QED) is 0.558. The first-order valence-corrected chi connectivity index (χ1v) is 10.4. The Bertz CT molecular complexity index is 581. The van der Waals surface area contributed by atoms with E-state index >= 15 is 0 Å². The maximum Gasteiger partial charge on any atom is 0.118 e. The minimum absolute atomic E-state index is 0.368. The number of para-hydroxylation sites is 2. The third kappa shape index (κ3) is 13.2. The van der Waals surface area contributed by atoms with E-state index in [1.807, 2.05) is 50.2 Å². The van der Waals surface area contributed by atoms with Gasteiger partial charge in [-0.3, -0.25) is 0 Å². The summed E-state index contributed by atoms with van der Waals surface area (Å²) in [6.07, 6.45) is 5.42. The summed E-state index contributed by atoms with van der Waals surface area (Å²) in [4.78, 5) is 0. The fourth-order valence-electron chi connectivity index (χ4n) is 2.40. The van der Waals surface area contributed by atoms with Gasteiger partial charge >= 0.3 is 0 Å². The van der Waals surface area contributed by atoms with Gasteiger partial charge in [-0.15, -0.1) is 0 Å². The Hall–Kier alpha value is -1.96. The Morgan fingerprint density at radius 2 is 1.07 bits per heavy atom.